The molecule has 0 atom stereocenters. The SMILES string of the molecule is NN.NN.O=C(O)O. The smallest absolute Gasteiger partial charge is 0.450 e. The van der Waals surface area contributed by atoms with E-state index in [1.165, 1.54) is 0 Å². The Balaban J connectivity index is -0.0000000542. The Bertz CT molecular complexity index is 34.3. The topological polar surface area (TPSA) is 162 Å². The molecule has 0 aromatic carbocycles. The third kappa shape index (κ3) is 109. The van der Waals surface area contributed by atoms with E-state index < -0.39 is 6.16 Å². The average molecular weight is 126 g/mol. The maximum absolute atomic E-state index is 8.56. The lowest BCUT2D eigenvalue weighted by Crippen LogP contribution is -2.02. The minimum Gasteiger partial charge on any atom is -0.450 e. The van der Waals surface area contributed by atoms with Crippen LogP contribution in [0.2, 0.25) is 0 Å². The molecule has 0 saturated carbocycles. The molecule has 0 fully saturated rings. The quantitative estimate of drug-likeness (QED) is 0.159. The van der Waals surface area contributed by atoms with Crippen molar-refractivity contribution >= 4 is 6.16 Å². The predicted molar refractivity (Wildman–Crippen MR) is 27.4 cm³/mol. The number of hydrazine groups is 2. The van der Waals surface area contributed by atoms with E-state index in [4.69, 9.17) is 15.0 Å². The summed E-state index contributed by atoms with van der Waals surface area (Å²) < 4.78 is 0. The van der Waals surface area contributed by atoms with Gasteiger partial charge in [0.25, 0.3) is 0 Å². The van der Waals surface area contributed by atoms with Gasteiger partial charge in [0.05, 0.1) is 0 Å². The molecule has 0 unspecified atom stereocenters. The van der Waals surface area contributed by atoms with Crippen molar-refractivity contribution in [1.82, 2.24) is 0 Å². The number of nitrogens with two attached hydrogens (primary N) is 4. The highest BCUT2D eigenvalue weighted by atomic mass is 16.6. The van der Waals surface area contributed by atoms with Crippen LogP contribution < -0.4 is 23.4 Å². The van der Waals surface area contributed by atoms with Crippen LogP contribution in [-0.2, 0) is 0 Å². The molecule has 0 amide bonds. The van der Waals surface area contributed by atoms with Gasteiger partial charge in [0.15, 0.2) is 0 Å². The largest absolute Gasteiger partial charge is 0.503 e. The first-order valence-corrected chi connectivity index (χ1v) is 1.32. The Labute approximate surface area is 45.8 Å². The molecular weight excluding hydrogens is 116 g/mol. The average Bonchev–Trinajstić information content (AvgIpc) is 1.75. The van der Waals surface area contributed by atoms with Gasteiger partial charge in [0.2, 0.25) is 0 Å². The van der Waals surface area contributed by atoms with Crippen LogP contribution in [0.25, 0.3) is 0 Å². The first-order valence-electron chi connectivity index (χ1n) is 1.32. The van der Waals surface area contributed by atoms with Gasteiger partial charge in [-0.2, -0.15) is 0 Å². The second-order valence-corrected chi connectivity index (χ2v) is 0.283. The lowest BCUT2D eigenvalue weighted by molar-refractivity contribution is 0.137. The van der Waals surface area contributed by atoms with Gasteiger partial charge in [0, 0.05) is 0 Å². The highest BCUT2D eigenvalue weighted by Crippen LogP contribution is 1.42. The van der Waals surface area contributed by atoms with E-state index in [-0.39, 0.29) is 0 Å². The summed E-state index contributed by atoms with van der Waals surface area (Å²) >= 11 is 0. The van der Waals surface area contributed by atoms with Crippen molar-refractivity contribution in [2.24, 2.45) is 23.4 Å². The molecule has 0 radical (unpaired) electrons. The second kappa shape index (κ2) is 35.8. The zero-order chi connectivity index (χ0) is 7.58. The number of carboxylic acid groups (broad SMARTS) is 2. The zero-order valence-electron chi connectivity index (χ0n) is 4.11. The molecule has 7 nitrogen and oxygen atoms in total. The van der Waals surface area contributed by atoms with Crippen LogP contribution >= 0.6 is 0 Å². The van der Waals surface area contributed by atoms with Crippen LogP contribution in [0.1, 0.15) is 0 Å². The van der Waals surface area contributed by atoms with Crippen LogP contribution in [0.15, 0.2) is 0 Å². The lowest BCUT2D eigenvalue weighted by Gasteiger charge is -1.60. The highest BCUT2D eigenvalue weighted by molar-refractivity contribution is 5.53. The van der Waals surface area contributed by atoms with Crippen LogP contribution in [0, 0.1) is 0 Å². The summed E-state index contributed by atoms with van der Waals surface area (Å²) in [6.07, 6.45) is -1.83. The van der Waals surface area contributed by atoms with E-state index in [1.807, 2.05) is 0 Å². The van der Waals surface area contributed by atoms with Gasteiger partial charge in [0.1, 0.15) is 0 Å². The van der Waals surface area contributed by atoms with Gasteiger partial charge < -0.3 is 10.2 Å². The van der Waals surface area contributed by atoms with Gasteiger partial charge in [-0.05, 0) is 0 Å². The van der Waals surface area contributed by atoms with E-state index in [1.54, 1.807) is 0 Å². The standard InChI is InChI=1S/CH2O3.2H4N2/c2-1(3)4;2*1-2/h(H2,2,3,4);2*1-2H2. The number of rotatable bonds is 0. The van der Waals surface area contributed by atoms with Crippen LogP contribution in [0.3, 0.4) is 0 Å². The Morgan fingerprint density at radius 2 is 1.00 bits per heavy atom. The molecule has 52 valence electrons. The Kier molecular flexibility index (Phi) is 70.4. The van der Waals surface area contributed by atoms with Crippen LogP contribution in [0.4, 0.5) is 4.79 Å². The maximum atomic E-state index is 8.56. The van der Waals surface area contributed by atoms with Gasteiger partial charge in [-0.15, -0.1) is 0 Å². The van der Waals surface area contributed by atoms with Gasteiger partial charge in [-0.3, -0.25) is 23.4 Å². The summed E-state index contributed by atoms with van der Waals surface area (Å²) in [4.78, 5) is 8.56. The fourth-order valence-corrected chi connectivity index (χ4v) is 0. The molecule has 0 saturated heterocycles. The van der Waals surface area contributed by atoms with E-state index in [0.29, 0.717) is 0 Å². The van der Waals surface area contributed by atoms with E-state index in [9.17, 15) is 0 Å². The van der Waals surface area contributed by atoms with Crippen molar-refractivity contribution in [3.05, 3.63) is 0 Å². The van der Waals surface area contributed by atoms with Crippen LogP contribution in [0.5, 0.6) is 0 Å². The Morgan fingerprint density at radius 3 is 1.00 bits per heavy atom. The third-order valence-corrected chi connectivity index (χ3v) is 0. The van der Waals surface area contributed by atoms with E-state index in [0.717, 1.165) is 0 Å². The molecule has 0 aliphatic rings. The maximum Gasteiger partial charge on any atom is 0.503 e. The molecule has 0 aliphatic heterocycles. The number of hydrogen-bond acceptors (Lipinski definition) is 5. The molecule has 8 heavy (non-hydrogen) atoms. The number of carbonyl (C=O) groups is 1. The van der Waals surface area contributed by atoms with Crippen molar-refractivity contribution in [3.63, 3.8) is 0 Å². The zero-order valence-corrected chi connectivity index (χ0v) is 4.11. The summed E-state index contributed by atoms with van der Waals surface area (Å²) in [5, 5.41) is 13.9. The normalized spacial score (nSPS) is 4.50. The monoisotopic (exact) mass is 126 g/mol. The van der Waals surface area contributed by atoms with Crippen molar-refractivity contribution < 1.29 is 15.0 Å². The molecule has 0 aliphatic carbocycles. The van der Waals surface area contributed by atoms with Gasteiger partial charge in [-0.1, -0.05) is 0 Å². The first-order chi connectivity index (χ1) is 3.73. The summed E-state index contributed by atoms with van der Waals surface area (Å²) in [6, 6.07) is 0. The van der Waals surface area contributed by atoms with Crippen molar-refractivity contribution in [1.29, 1.82) is 0 Å². The Morgan fingerprint density at radius 1 is 1.00 bits per heavy atom. The van der Waals surface area contributed by atoms with Gasteiger partial charge >= 0.3 is 6.16 Å². The molecule has 0 aromatic heterocycles. The molecule has 0 aromatic rings. The Hall–Kier alpha value is -0.890. The van der Waals surface area contributed by atoms with Crippen molar-refractivity contribution in [2.45, 2.75) is 0 Å². The minimum absolute atomic E-state index is 1.83. The highest BCUT2D eigenvalue weighted by Gasteiger charge is 1.70. The summed E-state index contributed by atoms with van der Waals surface area (Å²) in [7, 11) is 0. The molecule has 7 heteroatoms. The molecular formula is CH10N4O3. The fourth-order valence-electron chi connectivity index (χ4n) is 0. The summed E-state index contributed by atoms with van der Waals surface area (Å²) in [5.41, 5.74) is 0. The van der Waals surface area contributed by atoms with Crippen molar-refractivity contribution in [2.75, 3.05) is 0 Å². The van der Waals surface area contributed by atoms with Gasteiger partial charge in [-0.25, -0.2) is 4.79 Å². The molecule has 0 rings (SSSR count). The van der Waals surface area contributed by atoms with E-state index in [2.05, 4.69) is 23.4 Å². The minimum atomic E-state index is -1.83. The molecule has 0 heterocycles. The fraction of sp³-hybridized carbons (Fsp3) is 0. The summed E-state index contributed by atoms with van der Waals surface area (Å²) in [5.74, 6) is 16.0. The second-order valence-electron chi connectivity index (χ2n) is 0.283. The predicted octanol–water partition coefficient (Wildman–Crippen LogP) is -2.14. The van der Waals surface area contributed by atoms with E-state index >= 15 is 0 Å². The number of hydrogen-bond donors (Lipinski definition) is 6. The molecule has 10 N–H and O–H groups in total. The lowest BCUT2D eigenvalue weighted by atomic mass is 11.5. The summed E-state index contributed by atoms with van der Waals surface area (Å²) in [6.45, 7) is 0. The third-order valence-electron chi connectivity index (χ3n) is 0. The van der Waals surface area contributed by atoms with Crippen molar-refractivity contribution in [3.8, 4) is 0 Å². The van der Waals surface area contributed by atoms with Crippen LogP contribution in [-0.4, -0.2) is 16.4 Å². The first kappa shape index (κ1) is 15.7. The molecule has 0 spiro atoms. The molecule has 0 bridgehead atoms.